The van der Waals surface area contributed by atoms with Crippen molar-refractivity contribution in [1.82, 2.24) is 10.6 Å². The zero-order chi connectivity index (χ0) is 12.9. The van der Waals surface area contributed by atoms with Crippen molar-refractivity contribution in [2.24, 2.45) is 0 Å². The molecule has 1 aliphatic carbocycles. The van der Waals surface area contributed by atoms with Crippen LogP contribution in [0.5, 0.6) is 0 Å². The fourth-order valence-electron chi connectivity index (χ4n) is 2.56. The molecule has 0 amide bonds. The van der Waals surface area contributed by atoms with Gasteiger partial charge >= 0.3 is 0 Å². The molecule has 2 unspecified atom stereocenters. The van der Waals surface area contributed by atoms with Gasteiger partial charge in [0.1, 0.15) is 5.38 Å². The molecule has 2 aliphatic heterocycles. The van der Waals surface area contributed by atoms with Gasteiger partial charge in [-0.3, -0.25) is 14.9 Å². The highest BCUT2D eigenvalue weighted by atomic mass is 35.5. The third kappa shape index (κ3) is 1.77. The van der Waals surface area contributed by atoms with Gasteiger partial charge in [-0.15, -0.1) is 11.6 Å². The fraction of sp³-hybridized carbons (Fsp3) is 0.455. The Labute approximate surface area is 118 Å². The number of halogens is 2. The van der Waals surface area contributed by atoms with Crippen molar-refractivity contribution in [3.63, 3.8) is 0 Å². The van der Waals surface area contributed by atoms with E-state index in [1.807, 2.05) is 0 Å². The summed E-state index contributed by atoms with van der Waals surface area (Å²) in [6.45, 7) is 1.13. The molecule has 0 aromatic heterocycles. The first-order valence-electron chi connectivity index (χ1n) is 5.50. The van der Waals surface area contributed by atoms with E-state index in [0.29, 0.717) is 30.1 Å². The van der Waals surface area contributed by atoms with Gasteiger partial charge < -0.3 is 5.32 Å². The molecule has 0 aromatic carbocycles. The lowest BCUT2D eigenvalue weighted by atomic mass is 9.81. The van der Waals surface area contributed by atoms with E-state index < -0.39 is 10.9 Å². The first-order valence-corrected chi connectivity index (χ1v) is 7.13. The molecule has 0 radical (unpaired) electrons. The maximum atomic E-state index is 12.3. The molecule has 1 saturated heterocycles. The van der Waals surface area contributed by atoms with E-state index >= 15 is 0 Å². The van der Waals surface area contributed by atoms with Gasteiger partial charge in [-0.1, -0.05) is 23.4 Å². The summed E-state index contributed by atoms with van der Waals surface area (Å²) in [7, 11) is 0. The van der Waals surface area contributed by atoms with Gasteiger partial charge in [0.15, 0.2) is 10.9 Å². The highest BCUT2D eigenvalue weighted by molar-refractivity contribution is 8.17. The largest absolute Gasteiger partial charge is 0.302 e. The Hall–Kier alpha value is -0.330. The van der Waals surface area contributed by atoms with Gasteiger partial charge in [-0.05, 0) is 6.08 Å². The van der Waals surface area contributed by atoms with Crippen LogP contribution in [-0.2, 0) is 9.59 Å². The second kappa shape index (κ2) is 4.35. The smallest absolute Gasteiger partial charge is 0.195 e. The summed E-state index contributed by atoms with van der Waals surface area (Å²) < 4.78 is 0. The Kier molecular flexibility index (Phi) is 3.07. The van der Waals surface area contributed by atoms with Crippen LogP contribution in [-0.4, -0.2) is 35.0 Å². The topological polar surface area (TPSA) is 58.2 Å². The van der Waals surface area contributed by atoms with E-state index in [0.717, 1.165) is 11.8 Å². The maximum absolute atomic E-state index is 12.3. The van der Waals surface area contributed by atoms with E-state index in [-0.39, 0.29) is 15.9 Å². The number of rotatable bonds is 0. The van der Waals surface area contributed by atoms with Crippen molar-refractivity contribution in [2.45, 2.75) is 17.3 Å². The molecule has 7 heteroatoms. The van der Waals surface area contributed by atoms with Crippen LogP contribution >= 0.6 is 35.0 Å². The highest BCUT2D eigenvalue weighted by Crippen LogP contribution is 2.44. The molecule has 1 spiro atoms. The normalized spacial score (nSPS) is 36.1. The average Bonchev–Trinajstić information content (AvgIpc) is 2.74. The Morgan fingerprint density at radius 2 is 2.22 bits per heavy atom. The number of ketones is 1. The minimum Gasteiger partial charge on any atom is -0.302 e. The lowest BCUT2D eigenvalue weighted by molar-refractivity contribution is -0.116. The van der Waals surface area contributed by atoms with Crippen LogP contribution < -0.4 is 10.6 Å². The summed E-state index contributed by atoms with van der Waals surface area (Å²) >= 11 is 13.0. The van der Waals surface area contributed by atoms with E-state index in [2.05, 4.69) is 10.6 Å². The Morgan fingerprint density at radius 3 is 2.89 bits per heavy atom. The molecule has 0 saturated carbocycles. The monoisotopic (exact) mass is 304 g/mol. The molecule has 3 aliphatic rings. The van der Waals surface area contributed by atoms with Crippen molar-refractivity contribution in [3.8, 4) is 0 Å². The van der Waals surface area contributed by atoms with Gasteiger partial charge in [0.05, 0.1) is 5.54 Å². The molecular formula is C11H10Cl2N2O2S. The Bertz CT molecular complexity index is 509. The molecule has 0 aromatic rings. The quantitative estimate of drug-likeness (QED) is 0.657. The van der Waals surface area contributed by atoms with Crippen LogP contribution in [0.4, 0.5) is 0 Å². The first-order chi connectivity index (χ1) is 8.53. The van der Waals surface area contributed by atoms with Gasteiger partial charge in [0.25, 0.3) is 0 Å². The predicted molar refractivity (Wildman–Crippen MR) is 71.6 cm³/mol. The molecule has 18 heavy (non-hydrogen) atoms. The molecule has 2 atom stereocenters. The number of allylic oxidation sites excluding steroid dienone is 2. The number of alkyl halides is 1. The van der Waals surface area contributed by atoms with E-state index in [9.17, 15) is 9.59 Å². The molecule has 2 heterocycles. The van der Waals surface area contributed by atoms with Crippen LogP contribution in [0, 0.1) is 0 Å². The molecular weight excluding hydrogens is 295 g/mol. The second-order valence-corrected chi connectivity index (χ2v) is 6.48. The number of hydrogen-bond donors (Lipinski definition) is 2. The van der Waals surface area contributed by atoms with E-state index in [1.165, 1.54) is 0 Å². The zero-order valence-corrected chi connectivity index (χ0v) is 11.6. The van der Waals surface area contributed by atoms with Crippen LogP contribution in [0.25, 0.3) is 0 Å². The van der Waals surface area contributed by atoms with Crippen molar-refractivity contribution >= 4 is 45.9 Å². The number of thioether (sulfide) groups is 1. The van der Waals surface area contributed by atoms with Crippen LogP contribution in [0.15, 0.2) is 21.6 Å². The molecule has 0 bridgehead atoms. The second-order valence-electron chi connectivity index (χ2n) is 4.51. The van der Waals surface area contributed by atoms with Crippen molar-refractivity contribution in [3.05, 3.63) is 21.6 Å². The summed E-state index contributed by atoms with van der Waals surface area (Å²) in [5, 5.41) is 5.82. The molecule has 96 valence electrons. The standard InChI is InChI=1S/C11H10Cl2N2O2S/c12-5-1-6-8(10(17)9(5)13)11(2-7(16)18-6)3-14-4-15-11/h1,9,14-15H,2-4H2. The van der Waals surface area contributed by atoms with Crippen LogP contribution in [0.1, 0.15) is 6.42 Å². The number of nitrogens with one attached hydrogen (secondary N) is 2. The minimum atomic E-state index is -0.835. The van der Waals surface area contributed by atoms with Crippen molar-refractivity contribution < 1.29 is 9.59 Å². The molecule has 4 nitrogen and oxygen atoms in total. The zero-order valence-electron chi connectivity index (χ0n) is 9.26. The lowest BCUT2D eigenvalue weighted by Crippen LogP contribution is -2.52. The van der Waals surface area contributed by atoms with Gasteiger partial charge in [0.2, 0.25) is 0 Å². The average molecular weight is 305 g/mol. The minimum absolute atomic E-state index is 0.0338. The van der Waals surface area contributed by atoms with Crippen molar-refractivity contribution in [2.75, 3.05) is 13.2 Å². The number of carbonyl (C=O) groups is 2. The molecule has 1 fully saturated rings. The SMILES string of the molecule is O=C1CC2(CNCN2)C2=C(C=C(Cl)C(Cl)C2=O)S1. The number of fused-ring (bicyclic) bond motifs is 1. The maximum Gasteiger partial charge on any atom is 0.195 e. The third-order valence-corrected chi connectivity index (χ3v) is 5.15. The summed E-state index contributed by atoms with van der Waals surface area (Å²) in [6, 6.07) is 0. The summed E-state index contributed by atoms with van der Waals surface area (Å²) in [6.07, 6.45) is 1.93. The first kappa shape index (κ1) is 12.7. The fourth-order valence-corrected chi connectivity index (χ4v) is 4.15. The summed E-state index contributed by atoms with van der Waals surface area (Å²) in [4.78, 5) is 24.8. The number of carbonyl (C=O) groups excluding carboxylic acids is 2. The van der Waals surface area contributed by atoms with E-state index in [1.54, 1.807) is 6.08 Å². The Balaban J connectivity index is 2.15. The van der Waals surface area contributed by atoms with Crippen LogP contribution in [0.2, 0.25) is 0 Å². The number of Topliss-reactive ketones (excluding diaryl/α,β-unsaturated/α-hetero) is 1. The summed E-state index contributed by atoms with van der Waals surface area (Å²) in [5.41, 5.74) is -0.0165. The lowest BCUT2D eigenvalue weighted by Gasteiger charge is -2.37. The summed E-state index contributed by atoms with van der Waals surface area (Å²) in [5.74, 6) is -0.199. The molecule has 3 rings (SSSR count). The highest BCUT2D eigenvalue weighted by Gasteiger charge is 2.49. The van der Waals surface area contributed by atoms with Crippen LogP contribution in [0.3, 0.4) is 0 Å². The van der Waals surface area contributed by atoms with Gasteiger partial charge in [0, 0.05) is 35.1 Å². The third-order valence-electron chi connectivity index (χ3n) is 3.36. The predicted octanol–water partition coefficient (Wildman–Crippen LogP) is 1.11. The number of hydrogen-bond acceptors (Lipinski definition) is 5. The Morgan fingerprint density at radius 1 is 1.44 bits per heavy atom. The molecule has 2 N–H and O–H groups in total. The van der Waals surface area contributed by atoms with Crippen molar-refractivity contribution in [1.29, 1.82) is 0 Å². The van der Waals surface area contributed by atoms with Gasteiger partial charge in [-0.2, -0.15) is 0 Å². The van der Waals surface area contributed by atoms with E-state index in [4.69, 9.17) is 23.2 Å². The van der Waals surface area contributed by atoms with Gasteiger partial charge in [-0.25, -0.2) is 0 Å².